The van der Waals surface area contributed by atoms with Crippen molar-refractivity contribution in [2.45, 2.75) is 0 Å². The Labute approximate surface area is 303 Å². The normalized spacial score (nSPS) is 11.5. The number of hydrogen-bond acceptors (Lipinski definition) is 0. The maximum absolute atomic E-state index is 2.48. The van der Waals surface area contributed by atoms with Gasteiger partial charge in [-0.2, -0.15) is 0 Å². The van der Waals surface area contributed by atoms with Crippen LogP contribution in [-0.4, -0.2) is 0 Å². The molecule has 0 heteroatoms. The molecule has 0 radical (unpaired) electrons. The van der Waals surface area contributed by atoms with Gasteiger partial charge in [-0.1, -0.05) is 188 Å². The molecule has 0 unspecified atom stereocenters. The van der Waals surface area contributed by atoms with Crippen LogP contribution in [0.25, 0.3) is 98.7 Å². The second-order valence-electron chi connectivity index (χ2n) is 13.6. The minimum absolute atomic E-state index is 1.22. The quantitative estimate of drug-likeness (QED) is 0.128. The van der Waals surface area contributed by atoms with Gasteiger partial charge >= 0.3 is 0 Å². The lowest BCUT2D eigenvalue weighted by molar-refractivity contribution is 1.60. The van der Waals surface area contributed by atoms with E-state index in [0.717, 1.165) is 0 Å². The average Bonchev–Trinajstić information content (AvgIpc) is 3.23. The Bertz CT molecular complexity index is 2890. The molecule has 0 nitrogen and oxygen atoms in total. The van der Waals surface area contributed by atoms with Crippen LogP contribution in [0.4, 0.5) is 0 Å². The van der Waals surface area contributed by atoms with E-state index >= 15 is 0 Å². The highest BCUT2D eigenvalue weighted by atomic mass is 14.2. The molecule has 0 bridgehead atoms. The Morgan fingerprint density at radius 3 is 1.06 bits per heavy atom. The van der Waals surface area contributed by atoms with E-state index in [1.54, 1.807) is 0 Å². The van der Waals surface area contributed by atoms with Gasteiger partial charge in [0.25, 0.3) is 0 Å². The molecule has 0 heterocycles. The van der Waals surface area contributed by atoms with Crippen molar-refractivity contribution in [2.24, 2.45) is 0 Å². The molecule has 10 aromatic rings. The minimum atomic E-state index is 1.22. The van der Waals surface area contributed by atoms with Gasteiger partial charge in [0.2, 0.25) is 0 Å². The predicted molar refractivity (Wildman–Crippen MR) is 224 cm³/mol. The zero-order valence-corrected chi connectivity index (χ0v) is 28.6. The van der Waals surface area contributed by atoms with E-state index in [9.17, 15) is 0 Å². The largest absolute Gasteiger partial charge is 0.0622 e. The van der Waals surface area contributed by atoms with Crippen LogP contribution in [0.3, 0.4) is 0 Å². The van der Waals surface area contributed by atoms with Crippen molar-refractivity contribution in [3.63, 3.8) is 0 Å². The van der Waals surface area contributed by atoms with E-state index in [-0.39, 0.29) is 0 Å². The second-order valence-corrected chi connectivity index (χ2v) is 13.6. The third-order valence-electron chi connectivity index (χ3n) is 10.6. The summed E-state index contributed by atoms with van der Waals surface area (Å²) in [6, 6.07) is 75.6. The van der Waals surface area contributed by atoms with Crippen LogP contribution in [0, 0.1) is 0 Å². The van der Waals surface area contributed by atoms with Gasteiger partial charge in [-0.05, 0) is 117 Å². The molecular weight excluding hydrogens is 625 g/mol. The topological polar surface area (TPSA) is 0 Å². The molecule has 0 aliphatic carbocycles. The maximum atomic E-state index is 2.48. The molecule has 242 valence electrons. The fraction of sp³-hybridized carbons (Fsp3) is 0. The summed E-state index contributed by atoms with van der Waals surface area (Å²) in [6.45, 7) is 0. The summed E-state index contributed by atoms with van der Waals surface area (Å²) in [7, 11) is 0. The molecule has 10 aromatic carbocycles. The lowest BCUT2D eigenvalue weighted by atomic mass is 9.83. The molecule has 0 saturated heterocycles. The maximum Gasteiger partial charge on any atom is -0.00261 e. The Morgan fingerprint density at radius 2 is 0.558 bits per heavy atom. The van der Waals surface area contributed by atoms with Crippen molar-refractivity contribution in [1.82, 2.24) is 0 Å². The van der Waals surface area contributed by atoms with E-state index in [4.69, 9.17) is 0 Å². The van der Waals surface area contributed by atoms with Crippen LogP contribution >= 0.6 is 0 Å². The van der Waals surface area contributed by atoms with Gasteiger partial charge in [0.1, 0.15) is 0 Å². The molecule has 0 aliphatic rings. The van der Waals surface area contributed by atoms with Gasteiger partial charge in [0.15, 0.2) is 0 Å². The van der Waals surface area contributed by atoms with Crippen molar-refractivity contribution < 1.29 is 0 Å². The van der Waals surface area contributed by atoms with E-state index in [2.05, 4.69) is 206 Å². The van der Waals surface area contributed by atoms with Crippen molar-refractivity contribution >= 4 is 43.1 Å². The first-order valence-corrected chi connectivity index (χ1v) is 18.0. The van der Waals surface area contributed by atoms with E-state index in [1.807, 2.05) is 0 Å². The first-order chi connectivity index (χ1) is 25.8. The Morgan fingerprint density at radius 1 is 0.192 bits per heavy atom. The SMILES string of the molecule is c1ccc(-c2ccc(-c3c4ccccc4c(-c4ccc(-c5ccccc5)cc4)c4cc5c(cc34)c(-c3ccccc3)cc3ccccc35)cc2)cc1. The first-order valence-electron chi connectivity index (χ1n) is 18.0. The van der Waals surface area contributed by atoms with E-state index in [0.29, 0.717) is 0 Å². The monoisotopic (exact) mass is 658 g/mol. The summed E-state index contributed by atoms with van der Waals surface area (Å²) in [5, 5.41) is 10.1. The molecule has 0 amide bonds. The molecule has 0 spiro atoms. The lowest BCUT2D eigenvalue weighted by Crippen LogP contribution is -1.93. The summed E-state index contributed by atoms with van der Waals surface area (Å²) >= 11 is 0. The molecule has 0 fully saturated rings. The van der Waals surface area contributed by atoms with Gasteiger partial charge in [0.05, 0.1) is 0 Å². The summed E-state index contributed by atoms with van der Waals surface area (Å²) < 4.78 is 0. The van der Waals surface area contributed by atoms with Crippen molar-refractivity contribution in [1.29, 1.82) is 0 Å². The Kier molecular flexibility index (Phi) is 7.25. The molecule has 52 heavy (non-hydrogen) atoms. The smallest absolute Gasteiger partial charge is 0.00261 e. The Hall–Kier alpha value is -6.76. The van der Waals surface area contributed by atoms with Crippen molar-refractivity contribution in [2.75, 3.05) is 0 Å². The zero-order valence-electron chi connectivity index (χ0n) is 28.6. The molecular formula is C52H34. The van der Waals surface area contributed by atoms with Gasteiger partial charge in [0, 0.05) is 0 Å². The standard InChI is InChI=1S/C52H34/c1-4-14-35(15-5-1)37-24-28-40(29-25-37)51-44-22-12-13-23-45(44)52(41-30-26-38(27-31-41)36-16-6-2-7-17-36)50-34-48-46(39-18-8-3-9-19-39)32-42-20-10-11-21-43(42)47(48)33-49(50)51/h1-34H. The third kappa shape index (κ3) is 5.08. The highest BCUT2D eigenvalue weighted by Crippen LogP contribution is 2.47. The van der Waals surface area contributed by atoms with E-state index in [1.165, 1.54) is 98.7 Å². The third-order valence-corrected chi connectivity index (χ3v) is 10.6. The highest BCUT2D eigenvalue weighted by molar-refractivity contribution is 6.27. The summed E-state index contributed by atoms with van der Waals surface area (Å²) in [5.74, 6) is 0. The second kappa shape index (κ2) is 12.5. The van der Waals surface area contributed by atoms with Crippen LogP contribution in [-0.2, 0) is 0 Å². The molecule has 0 aromatic heterocycles. The molecule has 0 atom stereocenters. The lowest BCUT2D eigenvalue weighted by Gasteiger charge is -2.20. The summed E-state index contributed by atoms with van der Waals surface area (Å²) in [5.41, 5.74) is 12.3. The van der Waals surface area contributed by atoms with Crippen molar-refractivity contribution in [3.8, 4) is 55.6 Å². The van der Waals surface area contributed by atoms with E-state index < -0.39 is 0 Å². The zero-order chi connectivity index (χ0) is 34.4. The van der Waals surface area contributed by atoms with Gasteiger partial charge < -0.3 is 0 Å². The first kappa shape index (κ1) is 30.1. The fourth-order valence-electron chi connectivity index (χ4n) is 8.17. The van der Waals surface area contributed by atoms with Crippen LogP contribution in [0.2, 0.25) is 0 Å². The number of benzene rings is 10. The van der Waals surface area contributed by atoms with Crippen LogP contribution < -0.4 is 0 Å². The van der Waals surface area contributed by atoms with Crippen LogP contribution in [0.5, 0.6) is 0 Å². The molecule has 10 rings (SSSR count). The Balaban J connectivity index is 1.32. The van der Waals surface area contributed by atoms with Gasteiger partial charge in [-0.25, -0.2) is 0 Å². The molecule has 0 aliphatic heterocycles. The summed E-state index contributed by atoms with van der Waals surface area (Å²) in [4.78, 5) is 0. The minimum Gasteiger partial charge on any atom is -0.0622 e. The number of fused-ring (bicyclic) bond motifs is 5. The van der Waals surface area contributed by atoms with Crippen LogP contribution in [0.15, 0.2) is 206 Å². The predicted octanol–water partition coefficient (Wildman–Crippen LogP) is 14.6. The molecule has 0 N–H and O–H groups in total. The van der Waals surface area contributed by atoms with Gasteiger partial charge in [-0.15, -0.1) is 0 Å². The fourth-order valence-corrected chi connectivity index (χ4v) is 8.17. The summed E-state index contributed by atoms with van der Waals surface area (Å²) in [6.07, 6.45) is 0. The average molecular weight is 659 g/mol. The number of hydrogen-bond donors (Lipinski definition) is 0. The molecule has 0 saturated carbocycles. The highest BCUT2D eigenvalue weighted by Gasteiger charge is 2.20. The van der Waals surface area contributed by atoms with Gasteiger partial charge in [-0.3, -0.25) is 0 Å². The number of rotatable bonds is 5. The van der Waals surface area contributed by atoms with Crippen LogP contribution in [0.1, 0.15) is 0 Å². The van der Waals surface area contributed by atoms with Crippen molar-refractivity contribution in [3.05, 3.63) is 206 Å².